The molecule has 1 spiro atoms. The van der Waals surface area contributed by atoms with Crippen LogP contribution in [0.3, 0.4) is 0 Å². The summed E-state index contributed by atoms with van der Waals surface area (Å²) in [5.41, 5.74) is 3.49. The summed E-state index contributed by atoms with van der Waals surface area (Å²) in [5.74, 6) is 0.162. The summed E-state index contributed by atoms with van der Waals surface area (Å²) in [5, 5.41) is 0. The van der Waals surface area contributed by atoms with Crippen molar-refractivity contribution in [1.29, 1.82) is 0 Å². The number of ether oxygens (including phenoxy) is 1. The zero-order valence-electron chi connectivity index (χ0n) is 18.1. The Morgan fingerprint density at radius 2 is 1.90 bits per heavy atom. The molecule has 2 fully saturated rings. The number of aryl methyl sites for hydroxylation is 1. The van der Waals surface area contributed by atoms with E-state index in [1.54, 1.807) is 0 Å². The van der Waals surface area contributed by atoms with Crippen molar-refractivity contribution in [2.45, 2.75) is 39.2 Å². The van der Waals surface area contributed by atoms with Crippen molar-refractivity contribution < 1.29 is 9.53 Å². The van der Waals surface area contributed by atoms with Crippen LogP contribution in [-0.4, -0.2) is 60.1 Å². The number of amides is 1. The summed E-state index contributed by atoms with van der Waals surface area (Å²) in [7, 11) is 0. The molecule has 0 N–H and O–H groups in total. The Morgan fingerprint density at radius 1 is 1.10 bits per heavy atom. The zero-order chi connectivity index (χ0) is 20.8. The Bertz CT molecular complexity index is 814. The summed E-state index contributed by atoms with van der Waals surface area (Å²) >= 11 is 0. The number of piperidine rings is 1. The Labute approximate surface area is 180 Å². The monoisotopic (exact) mass is 407 g/mol. The molecule has 0 saturated carbocycles. The fourth-order valence-electron chi connectivity index (χ4n) is 4.74. The van der Waals surface area contributed by atoms with E-state index in [0.29, 0.717) is 0 Å². The molecule has 4 rings (SSSR count). The lowest BCUT2D eigenvalue weighted by molar-refractivity contribution is 0.0145. The highest BCUT2D eigenvalue weighted by molar-refractivity contribution is 5.94. The molecule has 2 aromatic rings. The molecule has 3 heterocycles. The number of nitrogens with zero attached hydrogens (tertiary/aromatic N) is 3. The smallest absolute Gasteiger partial charge is 0.253 e. The first kappa shape index (κ1) is 21.0. The van der Waals surface area contributed by atoms with Gasteiger partial charge >= 0.3 is 0 Å². The number of carbonyl (C=O) groups excluding carboxylic acids is 1. The molecule has 0 atom stereocenters. The second-order valence-corrected chi connectivity index (χ2v) is 8.86. The fraction of sp³-hybridized carbons (Fsp3) is 0.520. The standard InChI is InChI=1S/C25H33N3O2/c1-2-4-21-6-8-23(9-7-21)24(29)28-13-10-25(11-14-28)19-27(15-16-30-20-25)18-22-5-3-12-26-17-22/h3,5-9,12,17H,2,4,10-11,13-16,18-20H2,1H3. The number of carbonyl (C=O) groups is 1. The van der Waals surface area contributed by atoms with E-state index in [1.807, 2.05) is 35.5 Å². The van der Waals surface area contributed by atoms with Crippen LogP contribution in [0.1, 0.15) is 47.7 Å². The summed E-state index contributed by atoms with van der Waals surface area (Å²) in [6.07, 6.45) is 7.95. The molecule has 2 saturated heterocycles. The van der Waals surface area contributed by atoms with Crippen LogP contribution in [0.4, 0.5) is 0 Å². The van der Waals surface area contributed by atoms with E-state index in [4.69, 9.17) is 4.74 Å². The van der Waals surface area contributed by atoms with Crippen molar-refractivity contribution in [3.63, 3.8) is 0 Å². The Kier molecular flexibility index (Phi) is 6.80. The quantitative estimate of drug-likeness (QED) is 0.757. The topological polar surface area (TPSA) is 45.7 Å². The van der Waals surface area contributed by atoms with E-state index in [0.717, 1.165) is 77.2 Å². The summed E-state index contributed by atoms with van der Waals surface area (Å²) in [6, 6.07) is 12.3. The molecule has 1 aromatic heterocycles. The van der Waals surface area contributed by atoms with Gasteiger partial charge in [0.25, 0.3) is 5.91 Å². The molecule has 2 aliphatic heterocycles. The predicted molar refractivity (Wildman–Crippen MR) is 118 cm³/mol. The van der Waals surface area contributed by atoms with Crippen LogP contribution in [0.15, 0.2) is 48.8 Å². The molecular formula is C25H33N3O2. The van der Waals surface area contributed by atoms with Gasteiger partial charge in [-0.2, -0.15) is 0 Å². The normalized spacial score (nSPS) is 19.6. The highest BCUT2D eigenvalue weighted by Crippen LogP contribution is 2.35. The van der Waals surface area contributed by atoms with Gasteiger partial charge in [-0.3, -0.25) is 14.7 Å². The molecule has 5 nitrogen and oxygen atoms in total. The second-order valence-electron chi connectivity index (χ2n) is 8.86. The van der Waals surface area contributed by atoms with Gasteiger partial charge in [0.15, 0.2) is 0 Å². The number of pyridine rings is 1. The highest BCUT2D eigenvalue weighted by atomic mass is 16.5. The van der Waals surface area contributed by atoms with Crippen molar-refractivity contribution in [1.82, 2.24) is 14.8 Å². The molecule has 2 aliphatic rings. The zero-order valence-corrected chi connectivity index (χ0v) is 18.1. The Hall–Kier alpha value is -2.24. The van der Waals surface area contributed by atoms with Gasteiger partial charge in [0.1, 0.15) is 0 Å². The molecule has 5 heteroatoms. The predicted octanol–water partition coefficient (Wildman–Crippen LogP) is 3.79. The van der Waals surface area contributed by atoms with Gasteiger partial charge in [-0.05, 0) is 48.6 Å². The number of benzene rings is 1. The van der Waals surface area contributed by atoms with E-state index < -0.39 is 0 Å². The maximum Gasteiger partial charge on any atom is 0.253 e. The minimum absolute atomic E-state index is 0.139. The number of rotatable bonds is 5. The lowest BCUT2D eigenvalue weighted by Gasteiger charge is -2.42. The largest absolute Gasteiger partial charge is 0.379 e. The lowest BCUT2D eigenvalue weighted by atomic mass is 9.78. The van der Waals surface area contributed by atoms with Crippen LogP contribution in [0.5, 0.6) is 0 Å². The molecule has 1 amide bonds. The van der Waals surface area contributed by atoms with Crippen LogP contribution >= 0.6 is 0 Å². The van der Waals surface area contributed by atoms with Crippen molar-refractivity contribution in [2.24, 2.45) is 5.41 Å². The molecule has 1 aromatic carbocycles. The van der Waals surface area contributed by atoms with Crippen molar-refractivity contribution >= 4 is 5.91 Å². The average Bonchev–Trinajstić information content (AvgIpc) is 2.97. The number of hydrogen-bond acceptors (Lipinski definition) is 4. The van der Waals surface area contributed by atoms with Gasteiger partial charge in [0.05, 0.1) is 13.2 Å². The van der Waals surface area contributed by atoms with Gasteiger partial charge in [-0.1, -0.05) is 31.5 Å². The van der Waals surface area contributed by atoms with E-state index >= 15 is 0 Å². The van der Waals surface area contributed by atoms with Crippen LogP contribution in [0.25, 0.3) is 0 Å². The summed E-state index contributed by atoms with van der Waals surface area (Å²) in [4.78, 5) is 21.8. The first-order valence-corrected chi connectivity index (χ1v) is 11.2. The molecule has 160 valence electrons. The van der Waals surface area contributed by atoms with Gasteiger partial charge in [0, 0.05) is 56.1 Å². The molecular weight excluding hydrogens is 374 g/mol. The van der Waals surface area contributed by atoms with Gasteiger partial charge in [-0.25, -0.2) is 0 Å². The number of likely N-dealkylation sites (tertiary alicyclic amines) is 1. The SMILES string of the molecule is CCCc1ccc(C(=O)N2CCC3(CC2)COCCN(Cc2cccnc2)C3)cc1. The second kappa shape index (κ2) is 9.71. The number of hydrogen-bond donors (Lipinski definition) is 0. The maximum absolute atomic E-state index is 13.0. The average molecular weight is 408 g/mol. The number of aromatic nitrogens is 1. The van der Waals surface area contributed by atoms with E-state index in [1.165, 1.54) is 11.1 Å². The summed E-state index contributed by atoms with van der Waals surface area (Å²) in [6.45, 7) is 8.24. The van der Waals surface area contributed by atoms with Gasteiger partial charge in [-0.15, -0.1) is 0 Å². The lowest BCUT2D eigenvalue weighted by Crippen LogP contribution is -2.48. The first-order valence-electron chi connectivity index (χ1n) is 11.2. The van der Waals surface area contributed by atoms with Crippen molar-refractivity contribution in [2.75, 3.05) is 39.4 Å². The molecule has 0 aliphatic carbocycles. The fourth-order valence-corrected chi connectivity index (χ4v) is 4.74. The highest BCUT2D eigenvalue weighted by Gasteiger charge is 2.39. The third kappa shape index (κ3) is 5.08. The molecule has 0 unspecified atom stereocenters. The minimum Gasteiger partial charge on any atom is -0.379 e. The van der Waals surface area contributed by atoms with Crippen molar-refractivity contribution in [3.05, 3.63) is 65.5 Å². The first-order chi connectivity index (χ1) is 14.7. The Morgan fingerprint density at radius 3 is 2.60 bits per heavy atom. The minimum atomic E-state index is 0.139. The van der Waals surface area contributed by atoms with E-state index in [9.17, 15) is 4.79 Å². The van der Waals surface area contributed by atoms with E-state index in [-0.39, 0.29) is 11.3 Å². The van der Waals surface area contributed by atoms with Gasteiger partial charge in [0.2, 0.25) is 0 Å². The van der Waals surface area contributed by atoms with Crippen LogP contribution in [0, 0.1) is 5.41 Å². The molecule has 0 radical (unpaired) electrons. The molecule has 0 bridgehead atoms. The van der Waals surface area contributed by atoms with Crippen LogP contribution < -0.4 is 0 Å². The maximum atomic E-state index is 13.0. The summed E-state index contributed by atoms with van der Waals surface area (Å²) < 4.78 is 6.01. The Balaban J connectivity index is 1.36. The van der Waals surface area contributed by atoms with Crippen LogP contribution in [-0.2, 0) is 17.7 Å². The molecule has 30 heavy (non-hydrogen) atoms. The van der Waals surface area contributed by atoms with Gasteiger partial charge < -0.3 is 9.64 Å². The van der Waals surface area contributed by atoms with Crippen LogP contribution in [0.2, 0.25) is 0 Å². The third-order valence-corrected chi connectivity index (χ3v) is 6.50. The van der Waals surface area contributed by atoms with Crippen molar-refractivity contribution in [3.8, 4) is 0 Å². The van der Waals surface area contributed by atoms with E-state index in [2.05, 4.69) is 35.0 Å². The third-order valence-electron chi connectivity index (χ3n) is 6.50.